The highest BCUT2D eigenvalue weighted by Crippen LogP contribution is 2.52. The van der Waals surface area contributed by atoms with Gasteiger partial charge in [0.25, 0.3) is 0 Å². The number of nitrogens with zero attached hydrogens (tertiary/aromatic N) is 2. The van der Waals surface area contributed by atoms with Gasteiger partial charge in [-0.05, 0) is 52.6 Å². The zero-order valence-electron chi connectivity index (χ0n) is 15.4. The first-order chi connectivity index (χ1) is 11.7. The molecule has 0 aromatic heterocycles. The first-order valence-electron chi connectivity index (χ1n) is 10.5. The molecule has 2 saturated heterocycles. The zero-order chi connectivity index (χ0) is 16.3. The number of rotatable bonds is 0. The topological polar surface area (TPSA) is 6.48 Å². The Kier molecular flexibility index (Phi) is 4.65. The summed E-state index contributed by atoms with van der Waals surface area (Å²) in [6.45, 7) is 0. The summed E-state index contributed by atoms with van der Waals surface area (Å²) in [5, 5.41) is 3.67. The van der Waals surface area contributed by atoms with Crippen LogP contribution in [-0.4, -0.2) is 69.1 Å². The molecule has 2 heterocycles. The van der Waals surface area contributed by atoms with E-state index in [1.807, 2.05) is 0 Å². The minimum Gasteiger partial charge on any atom is -0.298 e. The van der Waals surface area contributed by atoms with Gasteiger partial charge in [-0.2, -0.15) is 23.5 Å². The van der Waals surface area contributed by atoms with E-state index in [-0.39, 0.29) is 0 Å². The summed E-state index contributed by atoms with van der Waals surface area (Å²) >= 11 is 4.83. The van der Waals surface area contributed by atoms with Crippen molar-refractivity contribution in [3.63, 3.8) is 0 Å². The van der Waals surface area contributed by atoms with E-state index in [2.05, 4.69) is 47.4 Å². The van der Waals surface area contributed by atoms with Gasteiger partial charge >= 0.3 is 0 Å². The lowest BCUT2D eigenvalue weighted by Gasteiger charge is -2.59. The third-order valence-corrected chi connectivity index (χ3v) is 11.4. The maximum Gasteiger partial charge on any atom is 0.0226 e. The van der Waals surface area contributed by atoms with Gasteiger partial charge in [0.1, 0.15) is 0 Å². The predicted molar refractivity (Wildman–Crippen MR) is 107 cm³/mol. The van der Waals surface area contributed by atoms with E-state index in [1.54, 1.807) is 0 Å². The van der Waals surface area contributed by atoms with Gasteiger partial charge in [0.05, 0.1) is 0 Å². The van der Waals surface area contributed by atoms with E-state index < -0.39 is 0 Å². The number of fused-ring (bicyclic) bond motifs is 4. The SMILES string of the molecule is CN1C2CCCCC2SC2CC3C(CC21)SC1CCCCC1N3C. The minimum atomic E-state index is 0.858. The second-order valence-electron chi connectivity index (χ2n) is 9.07. The fourth-order valence-corrected chi connectivity index (χ4v) is 10.7. The first kappa shape index (κ1) is 16.8. The van der Waals surface area contributed by atoms with E-state index in [0.29, 0.717) is 0 Å². The van der Waals surface area contributed by atoms with Gasteiger partial charge in [-0.3, -0.25) is 9.80 Å². The van der Waals surface area contributed by atoms with Crippen LogP contribution in [0.3, 0.4) is 0 Å². The molecule has 5 rings (SSSR count). The Morgan fingerprint density at radius 1 is 0.542 bits per heavy atom. The Balaban J connectivity index is 1.36. The maximum absolute atomic E-state index is 2.86. The third kappa shape index (κ3) is 2.70. The van der Waals surface area contributed by atoms with Crippen LogP contribution in [0, 0.1) is 0 Å². The van der Waals surface area contributed by atoms with Crippen LogP contribution in [0.25, 0.3) is 0 Å². The quantitative estimate of drug-likeness (QED) is 0.632. The molecule has 0 bridgehead atoms. The van der Waals surface area contributed by atoms with Crippen molar-refractivity contribution < 1.29 is 0 Å². The van der Waals surface area contributed by atoms with Crippen molar-refractivity contribution in [3.05, 3.63) is 0 Å². The first-order valence-corrected chi connectivity index (χ1v) is 12.4. The highest BCUT2D eigenvalue weighted by molar-refractivity contribution is 8.01. The molecule has 0 amide bonds. The highest BCUT2D eigenvalue weighted by atomic mass is 32.2. The Bertz CT molecular complexity index is 431. The molecule has 0 radical (unpaired) electrons. The monoisotopic (exact) mass is 366 g/mol. The summed E-state index contributed by atoms with van der Waals surface area (Å²) in [6, 6.07) is 3.49. The molecule has 0 aromatic rings. The fourth-order valence-electron chi connectivity index (χ4n) is 6.59. The molecule has 24 heavy (non-hydrogen) atoms. The lowest BCUT2D eigenvalue weighted by molar-refractivity contribution is 0.0561. The molecule has 4 heteroatoms. The third-order valence-electron chi connectivity index (χ3n) is 7.93. The van der Waals surface area contributed by atoms with Gasteiger partial charge in [-0.15, -0.1) is 0 Å². The molecule has 5 aliphatic rings. The lowest BCUT2D eigenvalue weighted by atomic mass is 9.83. The van der Waals surface area contributed by atoms with Crippen molar-refractivity contribution in [2.45, 2.75) is 109 Å². The van der Waals surface area contributed by atoms with Crippen LogP contribution < -0.4 is 0 Å². The second kappa shape index (κ2) is 6.65. The van der Waals surface area contributed by atoms with Crippen LogP contribution in [0.15, 0.2) is 0 Å². The average molecular weight is 367 g/mol. The van der Waals surface area contributed by atoms with Crippen LogP contribution in [-0.2, 0) is 0 Å². The fraction of sp³-hybridized carbons (Fsp3) is 1.00. The van der Waals surface area contributed by atoms with Gasteiger partial charge in [0, 0.05) is 45.2 Å². The summed E-state index contributed by atoms with van der Waals surface area (Å²) in [7, 11) is 4.95. The number of thioether (sulfide) groups is 2. The van der Waals surface area contributed by atoms with Crippen LogP contribution in [0.1, 0.15) is 64.2 Å². The zero-order valence-corrected chi connectivity index (χ0v) is 17.0. The summed E-state index contributed by atoms with van der Waals surface area (Å²) in [6.07, 6.45) is 14.7. The molecule has 2 aliphatic heterocycles. The normalized spacial score (nSPS) is 52.8. The van der Waals surface area contributed by atoms with Crippen LogP contribution >= 0.6 is 23.5 Å². The molecule has 0 aromatic carbocycles. The molecule has 3 aliphatic carbocycles. The van der Waals surface area contributed by atoms with E-state index in [0.717, 1.165) is 45.2 Å². The molecule has 2 nitrogen and oxygen atoms in total. The smallest absolute Gasteiger partial charge is 0.0226 e. The largest absolute Gasteiger partial charge is 0.298 e. The van der Waals surface area contributed by atoms with E-state index in [9.17, 15) is 0 Å². The van der Waals surface area contributed by atoms with E-state index in [1.165, 1.54) is 64.2 Å². The number of hydrogen-bond donors (Lipinski definition) is 0. The Morgan fingerprint density at radius 2 is 0.958 bits per heavy atom. The highest BCUT2D eigenvalue weighted by Gasteiger charge is 2.52. The van der Waals surface area contributed by atoms with Gasteiger partial charge in [0.2, 0.25) is 0 Å². The van der Waals surface area contributed by atoms with Crippen molar-refractivity contribution in [2.75, 3.05) is 14.1 Å². The average Bonchev–Trinajstić information content (AvgIpc) is 2.62. The molecule has 0 N–H and O–H groups in total. The van der Waals surface area contributed by atoms with Gasteiger partial charge in [-0.25, -0.2) is 0 Å². The molecular weight excluding hydrogens is 332 g/mol. The van der Waals surface area contributed by atoms with Crippen LogP contribution in [0.2, 0.25) is 0 Å². The van der Waals surface area contributed by atoms with Crippen molar-refractivity contribution in [2.24, 2.45) is 0 Å². The van der Waals surface area contributed by atoms with Crippen molar-refractivity contribution in [3.8, 4) is 0 Å². The Hall–Kier alpha value is 0.620. The lowest BCUT2D eigenvalue weighted by Crippen LogP contribution is -2.65. The predicted octanol–water partition coefficient (Wildman–Crippen LogP) is 4.23. The van der Waals surface area contributed by atoms with Gasteiger partial charge < -0.3 is 0 Å². The van der Waals surface area contributed by atoms with Crippen molar-refractivity contribution in [1.82, 2.24) is 9.80 Å². The minimum absolute atomic E-state index is 0.858. The molecule has 136 valence electrons. The van der Waals surface area contributed by atoms with Crippen LogP contribution in [0.4, 0.5) is 0 Å². The summed E-state index contributed by atoms with van der Waals surface area (Å²) < 4.78 is 0. The van der Waals surface area contributed by atoms with E-state index >= 15 is 0 Å². The molecule has 0 spiro atoms. The number of hydrogen-bond acceptors (Lipinski definition) is 4. The van der Waals surface area contributed by atoms with Gasteiger partial charge in [-0.1, -0.05) is 25.7 Å². The van der Waals surface area contributed by atoms with Gasteiger partial charge in [0.15, 0.2) is 0 Å². The molecule has 3 saturated carbocycles. The van der Waals surface area contributed by atoms with Crippen molar-refractivity contribution in [1.29, 1.82) is 0 Å². The molecule has 5 fully saturated rings. The molecule has 8 atom stereocenters. The maximum atomic E-state index is 2.86. The summed E-state index contributed by atoms with van der Waals surface area (Å²) in [5.74, 6) is 0. The molecule has 8 unspecified atom stereocenters. The summed E-state index contributed by atoms with van der Waals surface area (Å²) in [4.78, 5) is 5.71. The summed E-state index contributed by atoms with van der Waals surface area (Å²) in [5.41, 5.74) is 0. The Morgan fingerprint density at radius 3 is 1.42 bits per heavy atom. The van der Waals surface area contributed by atoms with E-state index in [4.69, 9.17) is 0 Å². The Labute approximate surface area is 156 Å². The second-order valence-corrected chi connectivity index (χ2v) is 12.0. The van der Waals surface area contributed by atoms with Crippen molar-refractivity contribution >= 4 is 23.5 Å². The molecular formula is C20H34N2S2. The van der Waals surface area contributed by atoms with Crippen LogP contribution in [0.5, 0.6) is 0 Å². The standard InChI is InChI=1S/C20H34N2S2/c1-21-13-7-3-5-9-17(13)23-19-12-16-20(11-15(19)21)24-18-10-6-4-8-14(18)22(16)2/h13-20H,3-12H2,1-2H3.